The first-order valence-corrected chi connectivity index (χ1v) is 4.94. The zero-order valence-electron chi connectivity index (χ0n) is 8.87. The molecule has 0 saturated heterocycles. The van der Waals surface area contributed by atoms with E-state index in [1.54, 1.807) is 6.92 Å². The largest absolute Gasteiger partial charge is 0.467 e. The minimum absolute atomic E-state index is 0.0158. The van der Waals surface area contributed by atoms with Crippen LogP contribution in [0.15, 0.2) is 0 Å². The lowest BCUT2D eigenvalue weighted by Crippen LogP contribution is -2.42. The maximum absolute atomic E-state index is 11.5. The number of amides is 1. The molecule has 0 aliphatic heterocycles. The Morgan fingerprint density at radius 2 is 1.93 bits per heavy atom. The van der Waals surface area contributed by atoms with Gasteiger partial charge in [-0.05, 0) is 25.7 Å². The molecule has 0 heterocycles. The van der Waals surface area contributed by atoms with Gasteiger partial charge >= 0.3 is 5.97 Å². The molecule has 1 saturated carbocycles. The third-order valence-corrected chi connectivity index (χ3v) is 2.66. The van der Waals surface area contributed by atoms with Crippen molar-refractivity contribution >= 4 is 11.9 Å². The Labute approximate surface area is 84.0 Å². The molecule has 0 aromatic rings. The topological polar surface area (TPSA) is 55.4 Å². The molecule has 1 rings (SSSR count). The molecular weight excluding hydrogens is 182 g/mol. The first kappa shape index (κ1) is 11.0. The molecule has 0 spiro atoms. The summed E-state index contributed by atoms with van der Waals surface area (Å²) in [6.45, 7) is 3.53. The molecule has 1 fully saturated rings. The number of carbonyl (C=O) groups excluding carboxylic acids is 2. The summed E-state index contributed by atoms with van der Waals surface area (Å²) < 4.78 is 4.52. The SMILES string of the molecule is COC(=O)C(C)NC(=O)C(C)C1CC1. The lowest BCUT2D eigenvalue weighted by molar-refractivity contribution is -0.145. The van der Waals surface area contributed by atoms with Crippen LogP contribution in [0.3, 0.4) is 0 Å². The van der Waals surface area contributed by atoms with E-state index in [2.05, 4.69) is 10.1 Å². The van der Waals surface area contributed by atoms with Crippen LogP contribution in [0, 0.1) is 11.8 Å². The van der Waals surface area contributed by atoms with E-state index < -0.39 is 12.0 Å². The highest BCUT2D eigenvalue weighted by Crippen LogP contribution is 2.36. The zero-order valence-corrected chi connectivity index (χ0v) is 8.87. The number of carbonyl (C=O) groups is 2. The highest BCUT2D eigenvalue weighted by Gasteiger charge is 2.33. The molecule has 1 aliphatic rings. The Morgan fingerprint density at radius 1 is 1.36 bits per heavy atom. The Balaban J connectivity index is 2.35. The van der Waals surface area contributed by atoms with Gasteiger partial charge in [-0.3, -0.25) is 4.79 Å². The second-order valence-corrected chi connectivity index (χ2v) is 3.88. The summed E-state index contributed by atoms with van der Waals surface area (Å²) in [5.74, 6) is 0.0775. The first-order valence-electron chi connectivity index (χ1n) is 4.94. The zero-order chi connectivity index (χ0) is 10.7. The van der Waals surface area contributed by atoms with Gasteiger partial charge in [-0.2, -0.15) is 0 Å². The number of methoxy groups -OCH3 is 1. The van der Waals surface area contributed by atoms with Gasteiger partial charge in [-0.15, -0.1) is 0 Å². The Hall–Kier alpha value is -1.06. The molecular formula is C10H17NO3. The molecule has 0 bridgehead atoms. The minimum atomic E-state index is -0.548. The summed E-state index contributed by atoms with van der Waals surface area (Å²) in [5, 5.41) is 2.64. The van der Waals surface area contributed by atoms with Gasteiger partial charge < -0.3 is 10.1 Å². The van der Waals surface area contributed by atoms with Gasteiger partial charge in [-0.25, -0.2) is 4.79 Å². The fourth-order valence-corrected chi connectivity index (χ4v) is 1.39. The van der Waals surface area contributed by atoms with E-state index >= 15 is 0 Å². The highest BCUT2D eigenvalue weighted by atomic mass is 16.5. The van der Waals surface area contributed by atoms with Gasteiger partial charge in [-0.1, -0.05) is 6.92 Å². The van der Waals surface area contributed by atoms with E-state index in [9.17, 15) is 9.59 Å². The number of esters is 1. The molecule has 0 radical (unpaired) electrons. The second kappa shape index (κ2) is 4.44. The molecule has 0 aromatic carbocycles. The smallest absolute Gasteiger partial charge is 0.328 e. The van der Waals surface area contributed by atoms with Crippen molar-refractivity contribution in [1.82, 2.24) is 5.32 Å². The molecule has 14 heavy (non-hydrogen) atoms. The van der Waals surface area contributed by atoms with Crippen LogP contribution in [0.2, 0.25) is 0 Å². The molecule has 4 heteroatoms. The van der Waals surface area contributed by atoms with E-state index in [4.69, 9.17) is 0 Å². The summed E-state index contributed by atoms with van der Waals surface area (Å²) in [6, 6.07) is -0.548. The van der Waals surface area contributed by atoms with Crippen LogP contribution in [0.4, 0.5) is 0 Å². The summed E-state index contributed by atoms with van der Waals surface area (Å²) >= 11 is 0. The lowest BCUT2D eigenvalue weighted by Gasteiger charge is -2.15. The molecule has 2 unspecified atom stereocenters. The van der Waals surface area contributed by atoms with Gasteiger partial charge in [0.25, 0.3) is 0 Å². The summed E-state index contributed by atoms with van der Waals surface area (Å²) in [6.07, 6.45) is 2.25. The maximum Gasteiger partial charge on any atom is 0.328 e. The number of hydrogen-bond acceptors (Lipinski definition) is 3. The Kier molecular flexibility index (Phi) is 3.49. The lowest BCUT2D eigenvalue weighted by atomic mass is 10.1. The number of nitrogens with one attached hydrogen (secondary N) is 1. The third-order valence-electron chi connectivity index (χ3n) is 2.66. The van der Waals surface area contributed by atoms with Crippen molar-refractivity contribution in [3.63, 3.8) is 0 Å². The fraction of sp³-hybridized carbons (Fsp3) is 0.800. The predicted molar refractivity (Wildman–Crippen MR) is 51.5 cm³/mol. The van der Waals surface area contributed by atoms with Crippen molar-refractivity contribution in [1.29, 1.82) is 0 Å². The number of rotatable bonds is 4. The van der Waals surface area contributed by atoms with E-state index in [0.29, 0.717) is 5.92 Å². The van der Waals surface area contributed by atoms with Gasteiger partial charge in [0.1, 0.15) is 6.04 Å². The van der Waals surface area contributed by atoms with Crippen LogP contribution >= 0.6 is 0 Å². The number of ether oxygens (including phenoxy) is 1. The van der Waals surface area contributed by atoms with Gasteiger partial charge in [0.2, 0.25) is 5.91 Å². The molecule has 2 atom stereocenters. The van der Waals surface area contributed by atoms with E-state index in [0.717, 1.165) is 12.8 Å². The average Bonchev–Trinajstić information content (AvgIpc) is 2.98. The molecule has 0 aromatic heterocycles. The van der Waals surface area contributed by atoms with Crippen molar-refractivity contribution in [3.05, 3.63) is 0 Å². The molecule has 1 aliphatic carbocycles. The average molecular weight is 199 g/mol. The quantitative estimate of drug-likeness (QED) is 0.678. The van der Waals surface area contributed by atoms with Crippen molar-refractivity contribution in [2.75, 3.05) is 7.11 Å². The van der Waals surface area contributed by atoms with E-state index in [1.807, 2.05) is 6.92 Å². The maximum atomic E-state index is 11.5. The van der Waals surface area contributed by atoms with Crippen LogP contribution in [0.1, 0.15) is 26.7 Å². The molecule has 4 nitrogen and oxygen atoms in total. The van der Waals surface area contributed by atoms with Crippen molar-refractivity contribution in [3.8, 4) is 0 Å². The Morgan fingerprint density at radius 3 is 2.36 bits per heavy atom. The minimum Gasteiger partial charge on any atom is -0.467 e. The van der Waals surface area contributed by atoms with Crippen LogP contribution in [-0.4, -0.2) is 25.0 Å². The number of hydrogen-bond donors (Lipinski definition) is 1. The monoisotopic (exact) mass is 199 g/mol. The summed E-state index contributed by atoms with van der Waals surface area (Å²) in [5.41, 5.74) is 0. The van der Waals surface area contributed by atoms with Crippen molar-refractivity contribution < 1.29 is 14.3 Å². The van der Waals surface area contributed by atoms with Crippen LogP contribution in [0.25, 0.3) is 0 Å². The normalized spacial score (nSPS) is 19.6. The summed E-state index contributed by atoms with van der Waals surface area (Å²) in [4.78, 5) is 22.6. The highest BCUT2D eigenvalue weighted by molar-refractivity contribution is 5.85. The van der Waals surface area contributed by atoms with Crippen molar-refractivity contribution in [2.45, 2.75) is 32.7 Å². The van der Waals surface area contributed by atoms with Gasteiger partial charge in [0.15, 0.2) is 0 Å². The van der Waals surface area contributed by atoms with E-state index in [1.165, 1.54) is 7.11 Å². The fourth-order valence-electron chi connectivity index (χ4n) is 1.39. The summed E-state index contributed by atoms with van der Waals surface area (Å²) in [7, 11) is 1.31. The van der Waals surface area contributed by atoms with Gasteiger partial charge in [0.05, 0.1) is 7.11 Å². The molecule has 80 valence electrons. The van der Waals surface area contributed by atoms with Crippen molar-refractivity contribution in [2.24, 2.45) is 11.8 Å². The van der Waals surface area contributed by atoms with Gasteiger partial charge in [0, 0.05) is 5.92 Å². The van der Waals surface area contributed by atoms with Crippen LogP contribution in [0.5, 0.6) is 0 Å². The van der Waals surface area contributed by atoms with E-state index in [-0.39, 0.29) is 11.8 Å². The Bertz CT molecular complexity index is 236. The second-order valence-electron chi connectivity index (χ2n) is 3.88. The predicted octanol–water partition coefficient (Wildman–Crippen LogP) is 0.710. The van der Waals surface area contributed by atoms with Crippen LogP contribution in [-0.2, 0) is 14.3 Å². The third kappa shape index (κ3) is 2.72. The standard InChI is InChI=1S/C10H17NO3/c1-6(8-4-5-8)9(12)11-7(2)10(13)14-3/h6-8H,4-5H2,1-3H3,(H,11,12). The van der Waals surface area contributed by atoms with Crippen LogP contribution < -0.4 is 5.32 Å². The first-order chi connectivity index (χ1) is 6.56. The molecule has 1 amide bonds. The molecule has 1 N–H and O–H groups in total.